The second-order valence-corrected chi connectivity index (χ2v) is 3.94. The molecule has 0 aliphatic carbocycles. The Bertz CT molecular complexity index is 323. The van der Waals surface area contributed by atoms with E-state index in [-0.39, 0.29) is 5.75 Å². The van der Waals surface area contributed by atoms with E-state index < -0.39 is 6.10 Å². The third kappa shape index (κ3) is 3.42. The van der Waals surface area contributed by atoms with Gasteiger partial charge >= 0.3 is 0 Å². The number of phenolic OH excluding ortho intramolecular Hbond substituents is 1. The SMILES string of the molecule is CCCCCC(O)c1ccc(O)c(OC)c1. The molecule has 0 aliphatic heterocycles. The molecule has 0 aromatic heterocycles. The van der Waals surface area contributed by atoms with Gasteiger partial charge in [0.25, 0.3) is 0 Å². The molecule has 1 atom stereocenters. The monoisotopic (exact) mass is 224 g/mol. The van der Waals surface area contributed by atoms with E-state index in [0.717, 1.165) is 31.2 Å². The van der Waals surface area contributed by atoms with Crippen molar-refractivity contribution in [1.82, 2.24) is 0 Å². The molecule has 0 saturated heterocycles. The maximum absolute atomic E-state index is 9.92. The van der Waals surface area contributed by atoms with Gasteiger partial charge in [0.1, 0.15) is 0 Å². The summed E-state index contributed by atoms with van der Waals surface area (Å²) >= 11 is 0. The van der Waals surface area contributed by atoms with Crippen LogP contribution in [0.15, 0.2) is 18.2 Å². The third-order valence-electron chi connectivity index (χ3n) is 2.67. The summed E-state index contributed by atoms with van der Waals surface area (Å²) in [7, 11) is 1.50. The van der Waals surface area contributed by atoms with Crippen LogP contribution in [0.25, 0.3) is 0 Å². The number of hydrogen-bond donors (Lipinski definition) is 2. The Labute approximate surface area is 96.7 Å². The first-order valence-electron chi connectivity index (χ1n) is 5.74. The minimum atomic E-state index is -0.471. The van der Waals surface area contributed by atoms with Crippen LogP contribution in [0.5, 0.6) is 11.5 Å². The lowest BCUT2D eigenvalue weighted by atomic mass is 10.0. The molecule has 1 aromatic carbocycles. The second-order valence-electron chi connectivity index (χ2n) is 3.94. The molecule has 90 valence electrons. The predicted molar refractivity (Wildman–Crippen MR) is 63.8 cm³/mol. The molecule has 2 N–H and O–H groups in total. The zero-order chi connectivity index (χ0) is 12.0. The topological polar surface area (TPSA) is 49.7 Å². The number of methoxy groups -OCH3 is 1. The highest BCUT2D eigenvalue weighted by atomic mass is 16.5. The van der Waals surface area contributed by atoms with Gasteiger partial charge in [-0.15, -0.1) is 0 Å². The van der Waals surface area contributed by atoms with Crippen LogP contribution in [0.2, 0.25) is 0 Å². The maximum atomic E-state index is 9.92. The first kappa shape index (κ1) is 12.8. The van der Waals surface area contributed by atoms with Crippen molar-refractivity contribution in [2.75, 3.05) is 7.11 Å². The van der Waals surface area contributed by atoms with E-state index in [1.54, 1.807) is 18.2 Å². The van der Waals surface area contributed by atoms with E-state index in [2.05, 4.69) is 6.92 Å². The number of unbranched alkanes of at least 4 members (excludes halogenated alkanes) is 2. The fourth-order valence-electron chi connectivity index (χ4n) is 1.66. The van der Waals surface area contributed by atoms with Crippen LogP contribution in [0.3, 0.4) is 0 Å². The molecule has 16 heavy (non-hydrogen) atoms. The fraction of sp³-hybridized carbons (Fsp3) is 0.538. The normalized spacial score (nSPS) is 12.4. The van der Waals surface area contributed by atoms with Crippen LogP contribution in [-0.4, -0.2) is 17.3 Å². The number of aliphatic hydroxyl groups is 1. The van der Waals surface area contributed by atoms with Gasteiger partial charge < -0.3 is 14.9 Å². The van der Waals surface area contributed by atoms with Crippen molar-refractivity contribution in [3.63, 3.8) is 0 Å². The Morgan fingerprint density at radius 2 is 2.06 bits per heavy atom. The summed E-state index contributed by atoms with van der Waals surface area (Å²) in [6.07, 6.45) is 3.57. The van der Waals surface area contributed by atoms with Gasteiger partial charge in [-0.25, -0.2) is 0 Å². The van der Waals surface area contributed by atoms with Crippen molar-refractivity contribution in [3.8, 4) is 11.5 Å². The Kier molecular flexibility index (Phi) is 5.12. The van der Waals surface area contributed by atoms with Gasteiger partial charge in [-0.3, -0.25) is 0 Å². The van der Waals surface area contributed by atoms with Gasteiger partial charge in [-0.1, -0.05) is 32.3 Å². The minimum absolute atomic E-state index is 0.104. The van der Waals surface area contributed by atoms with Gasteiger partial charge in [0.2, 0.25) is 0 Å². The van der Waals surface area contributed by atoms with Crippen LogP contribution in [0.4, 0.5) is 0 Å². The standard InChI is InChI=1S/C13H20O3/c1-3-4-5-6-11(14)10-7-8-12(15)13(9-10)16-2/h7-9,11,14-15H,3-6H2,1-2H3. The highest BCUT2D eigenvalue weighted by Gasteiger charge is 2.10. The first-order chi connectivity index (χ1) is 7.69. The van der Waals surface area contributed by atoms with E-state index in [1.165, 1.54) is 7.11 Å². The Balaban J connectivity index is 2.64. The van der Waals surface area contributed by atoms with Gasteiger partial charge in [0, 0.05) is 0 Å². The molecule has 1 aromatic rings. The number of ether oxygens (including phenoxy) is 1. The van der Waals surface area contributed by atoms with Gasteiger partial charge in [-0.05, 0) is 24.1 Å². The summed E-state index contributed by atoms with van der Waals surface area (Å²) < 4.78 is 5.00. The predicted octanol–water partition coefficient (Wildman–Crippen LogP) is 3.01. The average Bonchev–Trinajstić information content (AvgIpc) is 2.30. The van der Waals surface area contributed by atoms with Crippen LogP contribution in [0, 0.1) is 0 Å². The van der Waals surface area contributed by atoms with Crippen LogP contribution in [-0.2, 0) is 0 Å². The molecule has 0 heterocycles. The molecule has 0 fully saturated rings. The van der Waals surface area contributed by atoms with Crippen LogP contribution >= 0.6 is 0 Å². The molecular formula is C13H20O3. The summed E-state index contributed by atoms with van der Waals surface area (Å²) in [6.45, 7) is 2.13. The van der Waals surface area contributed by atoms with E-state index >= 15 is 0 Å². The molecule has 0 spiro atoms. The smallest absolute Gasteiger partial charge is 0.160 e. The van der Waals surface area contributed by atoms with E-state index in [1.807, 2.05) is 0 Å². The van der Waals surface area contributed by atoms with Crippen molar-refractivity contribution in [2.24, 2.45) is 0 Å². The number of hydrogen-bond acceptors (Lipinski definition) is 3. The Morgan fingerprint density at radius 3 is 2.69 bits per heavy atom. The van der Waals surface area contributed by atoms with Gasteiger partial charge in [-0.2, -0.15) is 0 Å². The summed E-state index contributed by atoms with van der Waals surface area (Å²) in [5.41, 5.74) is 0.797. The van der Waals surface area contributed by atoms with E-state index in [0.29, 0.717) is 5.75 Å². The molecule has 0 saturated carbocycles. The molecular weight excluding hydrogens is 204 g/mol. The summed E-state index contributed by atoms with van der Waals surface area (Å²) in [4.78, 5) is 0. The largest absolute Gasteiger partial charge is 0.504 e. The summed E-state index contributed by atoms with van der Waals surface area (Å²) in [5.74, 6) is 0.513. The lowest BCUT2D eigenvalue weighted by molar-refractivity contribution is 0.163. The van der Waals surface area contributed by atoms with Crippen LogP contribution in [0.1, 0.15) is 44.3 Å². The molecule has 3 heteroatoms. The second kappa shape index (κ2) is 6.38. The minimum Gasteiger partial charge on any atom is -0.504 e. The number of rotatable bonds is 6. The zero-order valence-electron chi connectivity index (χ0n) is 9.94. The molecule has 0 aliphatic rings. The Morgan fingerprint density at radius 1 is 1.31 bits per heavy atom. The lowest BCUT2D eigenvalue weighted by Crippen LogP contribution is -1.98. The van der Waals surface area contributed by atoms with Crippen molar-refractivity contribution in [3.05, 3.63) is 23.8 Å². The first-order valence-corrected chi connectivity index (χ1v) is 5.74. The average molecular weight is 224 g/mol. The van der Waals surface area contributed by atoms with Gasteiger partial charge in [0.05, 0.1) is 13.2 Å². The van der Waals surface area contributed by atoms with Crippen molar-refractivity contribution < 1.29 is 14.9 Å². The molecule has 1 unspecified atom stereocenters. The molecule has 1 rings (SSSR count). The highest BCUT2D eigenvalue weighted by Crippen LogP contribution is 2.30. The van der Waals surface area contributed by atoms with Crippen LogP contribution < -0.4 is 4.74 Å². The number of phenols is 1. The number of aromatic hydroxyl groups is 1. The number of benzene rings is 1. The van der Waals surface area contributed by atoms with Crippen molar-refractivity contribution in [1.29, 1.82) is 0 Å². The fourth-order valence-corrected chi connectivity index (χ4v) is 1.66. The summed E-state index contributed by atoms with van der Waals surface area (Å²) in [6, 6.07) is 4.97. The molecule has 0 bridgehead atoms. The lowest BCUT2D eigenvalue weighted by Gasteiger charge is -2.12. The molecule has 0 radical (unpaired) electrons. The third-order valence-corrected chi connectivity index (χ3v) is 2.67. The van der Waals surface area contributed by atoms with E-state index in [9.17, 15) is 10.2 Å². The van der Waals surface area contributed by atoms with E-state index in [4.69, 9.17) is 4.74 Å². The number of aliphatic hydroxyl groups excluding tert-OH is 1. The Hall–Kier alpha value is -1.22. The summed E-state index contributed by atoms with van der Waals surface area (Å²) in [5, 5.41) is 19.3. The van der Waals surface area contributed by atoms with Crippen molar-refractivity contribution in [2.45, 2.75) is 38.7 Å². The zero-order valence-corrected chi connectivity index (χ0v) is 9.94. The maximum Gasteiger partial charge on any atom is 0.160 e. The molecule has 3 nitrogen and oxygen atoms in total. The molecule has 0 amide bonds. The van der Waals surface area contributed by atoms with Gasteiger partial charge in [0.15, 0.2) is 11.5 Å². The quantitative estimate of drug-likeness (QED) is 0.730. The van der Waals surface area contributed by atoms with Crippen molar-refractivity contribution >= 4 is 0 Å². The highest BCUT2D eigenvalue weighted by molar-refractivity contribution is 5.42.